The van der Waals surface area contributed by atoms with Crippen LogP contribution < -0.4 is 14.2 Å². The fourth-order valence-corrected chi connectivity index (χ4v) is 3.10. The molecule has 0 aliphatic carbocycles. The number of hydrogen-bond acceptors (Lipinski definition) is 7. The molecule has 0 saturated heterocycles. The summed E-state index contributed by atoms with van der Waals surface area (Å²) in [5, 5.41) is 8.56. The number of rotatable bonds is 8. The normalized spacial score (nSPS) is 10.6. The SMILES string of the molecule is COc1ccc(OC)c(CSc2nnc(COc3cccc(C)c3)o2)c1. The molecule has 0 N–H and O–H groups in total. The van der Waals surface area contributed by atoms with Gasteiger partial charge < -0.3 is 18.6 Å². The van der Waals surface area contributed by atoms with E-state index in [0.717, 1.165) is 28.4 Å². The van der Waals surface area contributed by atoms with Gasteiger partial charge in [-0.25, -0.2) is 0 Å². The molecule has 0 radical (unpaired) electrons. The van der Waals surface area contributed by atoms with E-state index in [0.29, 0.717) is 16.9 Å². The van der Waals surface area contributed by atoms with Gasteiger partial charge in [0.25, 0.3) is 11.1 Å². The van der Waals surface area contributed by atoms with Gasteiger partial charge in [0.1, 0.15) is 17.2 Å². The van der Waals surface area contributed by atoms with Crippen LogP contribution in [-0.4, -0.2) is 24.4 Å². The number of methoxy groups -OCH3 is 2. The van der Waals surface area contributed by atoms with E-state index in [9.17, 15) is 0 Å². The van der Waals surface area contributed by atoms with Crippen molar-refractivity contribution in [1.29, 1.82) is 0 Å². The summed E-state index contributed by atoms with van der Waals surface area (Å²) >= 11 is 1.44. The van der Waals surface area contributed by atoms with Crippen LogP contribution in [0.3, 0.4) is 0 Å². The molecule has 2 aromatic carbocycles. The van der Waals surface area contributed by atoms with Crippen molar-refractivity contribution < 1.29 is 18.6 Å². The molecule has 0 atom stereocenters. The van der Waals surface area contributed by atoms with Gasteiger partial charge in [-0.2, -0.15) is 0 Å². The van der Waals surface area contributed by atoms with Crippen molar-refractivity contribution in [3.05, 3.63) is 59.5 Å². The van der Waals surface area contributed by atoms with Gasteiger partial charge in [0.05, 0.1) is 14.2 Å². The van der Waals surface area contributed by atoms with Gasteiger partial charge in [-0.15, -0.1) is 10.2 Å². The lowest BCUT2D eigenvalue weighted by Gasteiger charge is -2.09. The van der Waals surface area contributed by atoms with Crippen LogP contribution in [0.5, 0.6) is 17.2 Å². The van der Waals surface area contributed by atoms with E-state index in [-0.39, 0.29) is 6.61 Å². The zero-order valence-electron chi connectivity index (χ0n) is 14.9. The molecule has 3 aromatic rings. The first-order chi connectivity index (χ1) is 12.7. The predicted octanol–water partition coefficient (Wildman–Crippen LogP) is 4.27. The zero-order valence-corrected chi connectivity index (χ0v) is 15.7. The van der Waals surface area contributed by atoms with Crippen LogP contribution in [0.2, 0.25) is 0 Å². The van der Waals surface area contributed by atoms with Crippen LogP contribution in [-0.2, 0) is 12.4 Å². The molecule has 0 amide bonds. The minimum absolute atomic E-state index is 0.236. The maximum Gasteiger partial charge on any atom is 0.277 e. The lowest BCUT2D eigenvalue weighted by Crippen LogP contribution is -1.95. The second kappa shape index (κ2) is 8.62. The van der Waals surface area contributed by atoms with E-state index in [4.69, 9.17) is 18.6 Å². The highest BCUT2D eigenvalue weighted by Crippen LogP contribution is 2.30. The highest BCUT2D eigenvalue weighted by atomic mass is 32.2. The number of aryl methyl sites for hydroxylation is 1. The second-order valence-corrected chi connectivity index (χ2v) is 6.46. The average molecular weight is 372 g/mol. The van der Waals surface area contributed by atoms with Crippen molar-refractivity contribution in [2.45, 2.75) is 24.5 Å². The molecule has 0 fully saturated rings. The fraction of sp³-hybridized carbons (Fsp3) is 0.263. The van der Waals surface area contributed by atoms with Crippen LogP contribution >= 0.6 is 11.8 Å². The van der Waals surface area contributed by atoms with Gasteiger partial charge in [-0.05, 0) is 42.8 Å². The van der Waals surface area contributed by atoms with Gasteiger partial charge in [0.2, 0.25) is 0 Å². The first kappa shape index (κ1) is 18.1. The summed E-state index contributed by atoms with van der Waals surface area (Å²) in [6.45, 7) is 2.25. The molecule has 1 aromatic heterocycles. The maximum atomic E-state index is 5.67. The minimum atomic E-state index is 0.236. The van der Waals surface area contributed by atoms with Crippen molar-refractivity contribution in [3.63, 3.8) is 0 Å². The molecular formula is C19H20N2O4S. The van der Waals surface area contributed by atoms with Crippen molar-refractivity contribution in [1.82, 2.24) is 10.2 Å². The predicted molar refractivity (Wildman–Crippen MR) is 98.9 cm³/mol. The van der Waals surface area contributed by atoms with Gasteiger partial charge in [-0.1, -0.05) is 23.9 Å². The number of aromatic nitrogens is 2. The monoisotopic (exact) mass is 372 g/mol. The summed E-state index contributed by atoms with van der Waals surface area (Å²) in [5.74, 6) is 3.41. The third kappa shape index (κ3) is 4.70. The first-order valence-corrected chi connectivity index (χ1v) is 9.02. The van der Waals surface area contributed by atoms with E-state index in [1.54, 1.807) is 14.2 Å². The molecule has 6 nitrogen and oxygen atoms in total. The van der Waals surface area contributed by atoms with E-state index in [1.165, 1.54) is 11.8 Å². The minimum Gasteiger partial charge on any atom is -0.497 e. The quantitative estimate of drug-likeness (QED) is 0.547. The van der Waals surface area contributed by atoms with Crippen molar-refractivity contribution in [2.75, 3.05) is 14.2 Å². The van der Waals surface area contributed by atoms with Crippen molar-refractivity contribution >= 4 is 11.8 Å². The van der Waals surface area contributed by atoms with Gasteiger partial charge in [0.15, 0.2) is 6.61 Å². The largest absolute Gasteiger partial charge is 0.497 e. The highest BCUT2D eigenvalue weighted by Gasteiger charge is 2.11. The summed E-state index contributed by atoms with van der Waals surface area (Å²) in [7, 11) is 3.28. The Kier molecular flexibility index (Phi) is 6.01. The topological polar surface area (TPSA) is 66.6 Å². The third-order valence-electron chi connectivity index (χ3n) is 3.64. The number of hydrogen-bond donors (Lipinski definition) is 0. The summed E-state index contributed by atoms with van der Waals surface area (Å²) in [5.41, 5.74) is 2.13. The Morgan fingerprint density at radius 1 is 1.00 bits per heavy atom. The zero-order chi connectivity index (χ0) is 18.4. The van der Waals surface area contributed by atoms with Crippen LogP contribution in [0, 0.1) is 6.92 Å². The maximum absolute atomic E-state index is 5.67. The second-order valence-electron chi connectivity index (χ2n) is 5.53. The molecule has 0 aliphatic heterocycles. The smallest absolute Gasteiger partial charge is 0.277 e. The average Bonchev–Trinajstić information content (AvgIpc) is 3.12. The summed E-state index contributed by atoms with van der Waals surface area (Å²) in [6.07, 6.45) is 0. The van der Waals surface area contributed by atoms with Crippen LogP contribution in [0.1, 0.15) is 17.0 Å². The first-order valence-electron chi connectivity index (χ1n) is 8.03. The summed E-state index contributed by atoms with van der Waals surface area (Å²) in [4.78, 5) is 0. The Labute approximate surface area is 156 Å². The highest BCUT2D eigenvalue weighted by molar-refractivity contribution is 7.98. The molecular weight excluding hydrogens is 352 g/mol. The van der Waals surface area contributed by atoms with Crippen LogP contribution in [0.15, 0.2) is 52.1 Å². The Morgan fingerprint density at radius 3 is 2.65 bits per heavy atom. The molecule has 0 aliphatic rings. The molecule has 0 spiro atoms. The van der Waals surface area contributed by atoms with Gasteiger partial charge in [-0.3, -0.25) is 0 Å². The van der Waals surface area contributed by atoms with Crippen LogP contribution in [0.25, 0.3) is 0 Å². The lowest BCUT2D eigenvalue weighted by molar-refractivity contribution is 0.252. The molecule has 136 valence electrons. The third-order valence-corrected chi connectivity index (χ3v) is 4.51. The Hall–Kier alpha value is -2.67. The number of thioether (sulfide) groups is 1. The lowest BCUT2D eigenvalue weighted by atomic mass is 10.2. The summed E-state index contributed by atoms with van der Waals surface area (Å²) < 4.78 is 21.9. The number of benzene rings is 2. The van der Waals surface area contributed by atoms with E-state index in [2.05, 4.69) is 10.2 Å². The molecule has 1 heterocycles. The molecule has 3 rings (SSSR count). The number of nitrogens with zero attached hydrogens (tertiary/aromatic N) is 2. The van der Waals surface area contributed by atoms with E-state index < -0.39 is 0 Å². The standard InChI is InChI=1S/C19H20N2O4S/c1-13-5-4-6-16(9-13)24-11-18-20-21-19(25-18)26-12-14-10-15(22-2)7-8-17(14)23-3/h4-10H,11-12H2,1-3H3. The van der Waals surface area contributed by atoms with Gasteiger partial charge >= 0.3 is 0 Å². The number of ether oxygens (including phenoxy) is 3. The van der Waals surface area contributed by atoms with Crippen LogP contribution in [0.4, 0.5) is 0 Å². The Balaban J connectivity index is 1.58. The fourth-order valence-electron chi connectivity index (χ4n) is 2.34. The molecule has 26 heavy (non-hydrogen) atoms. The molecule has 0 bridgehead atoms. The van der Waals surface area contributed by atoms with Gasteiger partial charge in [0, 0.05) is 11.3 Å². The van der Waals surface area contributed by atoms with E-state index >= 15 is 0 Å². The molecule has 0 saturated carbocycles. The Bertz CT molecular complexity index is 866. The van der Waals surface area contributed by atoms with Crippen molar-refractivity contribution in [3.8, 4) is 17.2 Å². The van der Waals surface area contributed by atoms with E-state index in [1.807, 2.05) is 49.4 Å². The molecule has 0 unspecified atom stereocenters. The Morgan fingerprint density at radius 2 is 1.88 bits per heavy atom. The molecule has 7 heteroatoms. The van der Waals surface area contributed by atoms with Crippen molar-refractivity contribution in [2.24, 2.45) is 0 Å². The summed E-state index contributed by atoms with van der Waals surface area (Å²) in [6, 6.07) is 13.5.